The quantitative estimate of drug-likeness (QED) is 0.934. The third-order valence-electron chi connectivity index (χ3n) is 2.55. The Labute approximate surface area is 102 Å². The fourth-order valence-corrected chi connectivity index (χ4v) is 2.27. The summed E-state index contributed by atoms with van der Waals surface area (Å²) < 4.78 is 7.96. The van der Waals surface area contributed by atoms with E-state index in [0.717, 1.165) is 21.6 Å². The smallest absolute Gasteiger partial charge is 0.153 e. The van der Waals surface area contributed by atoms with Gasteiger partial charge in [-0.15, -0.1) is 5.10 Å². The van der Waals surface area contributed by atoms with E-state index in [1.54, 1.807) is 10.9 Å². The van der Waals surface area contributed by atoms with Gasteiger partial charge in [-0.05, 0) is 41.5 Å². The lowest BCUT2D eigenvalue weighted by atomic mass is 10.1. The van der Waals surface area contributed by atoms with E-state index < -0.39 is 0 Å². The van der Waals surface area contributed by atoms with E-state index in [0.29, 0.717) is 0 Å². The molecule has 86 valence electrons. The van der Waals surface area contributed by atoms with Crippen molar-refractivity contribution >= 4 is 15.9 Å². The fraction of sp³-hybridized carbons (Fsp3) is 0.400. The second kappa shape index (κ2) is 4.39. The second-order valence-electron chi connectivity index (χ2n) is 3.58. The van der Waals surface area contributed by atoms with Gasteiger partial charge in [0.25, 0.3) is 0 Å². The molecule has 0 spiro atoms. The molecule has 0 amide bonds. The summed E-state index contributed by atoms with van der Waals surface area (Å²) in [6.07, 6.45) is 1.69. The Bertz CT molecular complexity index is 471. The SMILES string of the molecule is CNC(c1occc1C)c1c(Br)nnn1C. The van der Waals surface area contributed by atoms with E-state index >= 15 is 0 Å². The zero-order valence-corrected chi connectivity index (χ0v) is 10.9. The number of hydrogen-bond acceptors (Lipinski definition) is 4. The highest BCUT2D eigenvalue weighted by molar-refractivity contribution is 9.10. The minimum absolute atomic E-state index is 0.0515. The number of rotatable bonds is 3. The summed E-state index contributed by atoms with van der Waals surface area (Å²) in [6, 6.07) is 1.89. The lowest BCUT2D eigenvalue weighted by Gasteiger charge is -2.14. The first-order valence-electron chi connectivity index (χ1n) is 4.91. The van der Waals surface area contributed by atoms with Crippen LogP contribution in [0.25, 0.3) is 0 Å². The van der Waals surface area contributed by atoms with Crippen molar-refractivity contribution in [2.45, 2.75) is 13.0 Å². The summed E-state index contributed by atoms with van der Waals surface area (Å²) >= 11 is 3.39. The molecule has 2 aromatic heterocycles. The van der Waals surface area contributed by atoms with Crippen LogP contribution in [-0.4, -0.2) is 22.0 Å². The molecule has 0 aromatic carbocycles. The Kier molecular flexibility index (Phi) is 3.11. The molecule has 5 nitrogen and oxygen atoms in total. The minimum atomic E-state index is -0.0515. The van der Waals surface area contributed by atoms with Gasteiger partial charge in [0.2, 0.25) is 0 Å². The highest BCUT2D eigenvalue weighted by Gasteiger charge is 2.24. The largest absolute Gasteiger partial charge is 0.467 e. The van der Waals surface area contributed by atoms with Gasteiger partial charge in [0.1, 0.15) is 11.8 Å². The Hall–Kier alpha value is -1.14. The summed E-state index contributed by atoms with van der Waals surface area (Å²) in [6.45, 7) is 2.01. The minimum Gasteiger partial charge on any atom is -0.467 e. The molecule has 2 rings (SSSR count). The van der Waals surface area contributed by atoms with Crippen molar-refractivity contribution in [2.75, 3.05) is 7.05 Å². The Morgan fingerprint density at radius 3 is 2.75 bits per heavy atom. The highest BCUT2D eigenvalue weighted by atomic mass is 79.9. The van der Waals surface area contributed by atoms with Crippen LogP contribution in [0.1, 0.15) is 23.1 Å². The maximum atomic E-state index is 5.50. The van der Waals surface area contributed by atoms with Crippen molar-refractivity contribution in [3.8, 4) is 0 Å². The number of nitrogens with one attached hydrogen (secondary N) is 1. The third kappa shape index (κ3) is 1.78. The molecule has 0 aliphatic carbocycles. The number of aryl methyl sites for hydroxylation is 2. The average Bonchev–Trinajstić information content (AvgIpc) is 2.80. The van der Waals surface area contributed by atoms with E-state index in [9.17, 15) is 0 Å². The van der Waals surface area contributed by atoms with E-state index in [2.05, 4.69) is 31.6 Å². The van der Waals surface area contributed by atoms with Crippen molar-refractivity contribution < 1.29 is 4.42 Å². The summed E-state index contributed by atoms with van der Waals surface area (Å²) in [5, 5.41) is 11.1. The molecule has 16 heavy (non-hydrogen) atoms. The van der Waals surface area contributed by atoms with Crippen LogP contribution in [0, 0.1) is 6.92 Å². The van der Waals surface area contributed by atoms with Gasteiger partial charge >= 0.3 is 0 Å². The zero-order valence-electron chi connectivity index (χ0n) is 9.36. The van der Waals surface area contributed by atoms with E-state index in [1.165, 1.54) is 0 Å². The van der Waals surface area contributed by atoms with Gasteiger partial charge < -0.3 is 9.73 Å². The van der Waals surface area contributed by atoms with E-state index in [4.69, 9.17) is 4.42 Å². The van der Waals surface area contributed by atoms with Gasteiger partial charge in [0.15, 0.2) is 4.60 Å². The van der Waals surface area contributed by atoms with Crippen LogP contribution in [0.15, 0.2) is 21.3 Å². The molecule has 0 bridgehead atoms. The fourth-order valence-electron chi connectivity index (χ4n) is 1.72. The predicted molar refractivity (Wildman–Crippen MR) is 63.1 cm³/mol. The molecule has 2 heterocycles. The van der Waals surface area contributed by atoms with Crippen molar-refractivity contribution in [1.82, 2.24) is 20.3 Å². The number of nitrogens with zero attached hydrogens (tertiary/aromatic N) is 3. The highest BCUT2D eigenvalue weighted by Crippen LogP contribution is 2.28. The maximum Gasteiger partial charge on any atom is 0.153 e. The maximum absolute atomic E-state index is 5.50. The van der Waals surface area contributed by atoms with Crippen LogP contribution in [0.3, 0.4) is 0 Å². The van der Waals surface area contributed by atoms with Gasteiger partial charge in [-0.25, -0.2) is 4.68 Å². The molecule has 1 atom stereocenters. The lowest BCUT2D eigenvalue weighted by Crippen LogP contribution is -2.21. The van der Waals surface area contributed by atoms with Crippen LogP contribution in [0.2, 0.25) is 0 Å². The van der Waals surface area contributed by atoms with Crippen LogP contribution in [0.4, 0.5) is 0 Å². The predicted octanol–water partition coefficient (Wildman–Crippen LogP) is 1.79. The van der Waals surface area contributed by atoms with Crippen LogP contribution < -0.4 is 5.32 Å². The van der Waals surface area contributed by atoms with Crippen molar-refractivity contribution in [1.29, 1.82) is 0 Å². The molecular formula is C10H13BrN4O. The summed E-state index contributed by atoms with van der Waals surface area (Å²) in [4.78, 5) is 0. The van der Waals surface area contributed by atoms with Crippen LogP contribution >= 0.6 is 15.9 Å². The van der Waals surface area contributed by atoms with Crippen molar-refractivity contribution in [3.63, 3.8) is 0 Å². The molecule has 1 unspecified atom stereocenters. The topological polar surface area (TPSA) is 55.9 Å². The van der Waals surface area contributed by atoms with Gasteiger partial charge in [-0.3, -0.25) is 0 Å². The zero-order chi connectivity index (χ0) is 11.7. The molecule has 1 N–H and O–H groups in total. The van der Waals surface area contributed by atoms with Gasteiger partial charge in [0.05, 0.1) is 12.0 Å². The van der Waals surface area contributed by atoms with Crippen molar-refractivity contribution in [2.24, 2.45) is 7.05 Å². The summed E-state index contributed by atoms with van der Waals surface area (Å²) in [7, 11) is 3.74. The molecule has 6 heteroatoms. The van der Waals surface area contributed by atoms with E-state index in [1.807, 2.05) is 27.1 Å². The van der Waals surface area contributed by atoms with E-state index in [-0.39, 0.29) is 6.04 Å². The standard InChI is InChI=1S/C10H13BrN4O/c1-6-4-5-16-9(6)7(12-2)8-10(11)13-14-15(8)3/h4-5,7,12H,1-3H3. The first-order valence-corrected chi connectivity index (χ1v) is 5.70. The molecule has 0 saturated carbocycles. The van der Waals surface area contributed by atoms with Gasteiger partial charge in [-0.1, -0.05) is 5.21 Å². The first kappa shape index (κ1) is 11.3. The Morgan fingerprint density at radius 1 is 1.56 bits per heavy atom. The van der Waals surface area contributed by atoms with Crippen LogP contribution in [0.5, 0.6) is 0 Å². The molecule has 0 fully saturated rings. The van der Waals surface area contributed by atoms with Crippen molar-refractivity contribution in [3.05, 3.63) is 34.0 Å². The van der Waals surface area contributed by atoms with Crippen LogP contribution in [-0.2, 0) is 7.05 Å². The molecule has 0 saturated heterocycles. The first-order chi connectivity index (χ1) is 7.65. The third-order valence-corrected chi connectivity index (χ3v) is 3.12. The monoisotopic (exact) mass is 284 g/mol. The second-order valence-corrected chi connectivity index (χ2v) is 4.33. The summed E-state index contributed by atoms with van der Waals surface area (Å²) in [5.74, 6) is 0.883. The molecule has 0 aliphatic heterocycles. The number of hydrogen-bond donors (Lipinski definition) is 1. The van der Waals surface area contributed by atoms with Gasteiger partial charge in [0, 0.05) is 7.05 Å². The number of halogens is 1. The number of aromatic nitrogens is 3. The molecular weight excluding hydrogens is 272 g/mol. The molecule has 0 radical (unpaired) electrons. The molecule has 0 aliphatic rings. The normalized spacial score (nSPS) is 13.0. The lowest BCUT2D eigenvalue weighted by molar-refractivity contribution is 0.445. The van der Waals surface area contributed by atoms with Gasteiger partial charge in [-0.2, -0.15) is 0 Å². The molecule has 2 aromatic rings. The Balaban J connectivity index is 2.49. The average molecular weight is 285 g/mol. The Morgan fingerprint density at radius 2 is 2.31 bits per heavy atom. The number of furan rings is 1. The summed E-state index contributed by atoms with van der Waals surface area (Å²) in [5.41, 5.74) is 2.05.